The van der Waals surface area contributed by atoms with Gasteiger partial charge in [0.05, 0.1) is 22.2 Å². The van der Waals surface area contributed by atoms with Crippen LogP contribution in [0.1, 0.15) is 46.6 Å². The van der Waals surface area contributed by atoms with Crippen molar-refractivity contribution in [2.24, 2.45) is 5.92 Å². The zero-order valence-corrected chi connectivity index (χ0v) is 19.5. The van der Waals surface area contributed by atoms with E-state index < -0.39 is 5.92 Å². The Bertz CT molecular complexity index is 1250. The summed E-state index contributed by atoms with van der Waals surface area (Å²) in [6.45, 7) is 4.77. The van der Waals surface area contributed by atoms with Gasteiger partial charge in [-0.25, -0.2) is 4.98 Å². The molecule has 0 aliphatic carbocycles. The zero-order valence-electron chi connectivity index (χ0n) is 17.8. The number of thiazole rings is 1. The Kier molecular flexibility index (Phi) is 5.53. The van der Waals surface area contributed by atoms with Crippen molar-refractivity contribution in [2.75, 3.05) is 11.9 Å². The molecular weight excluding hydrogens is 438 g/mol. The van der Waals surface area contributed by atoms with Crippen molar-refractivity contribution >= 4 is 49.8 Å². The van der Waals surface area contributed by atoms with Crippen LogP contribution < -0.4 is 5.32 Å². The van der Waals surface area contributed by atoms with Crippen LogP contribution in [0, 0.1) is 5.92 Å². The van der Waals surface area contributed by atoms with E-state index in [0.29, 0.717) is 17.2 Å². The molecule has 4 aromatic rings. The fourth-order valence-corrected chi connectivity index (χ4v) is 6.10. The van der Waals surface area contributed by atoms with Gasteiger partial charge in [-0.3, -0.25) is 9.59 Å². The fourth-order valence-electron chi connectivity index (χ4n) is 4.35. The lowest BCUT2D eigenvalue weighted by molar-refractivity contribution is -0.119. The molecule has 0 unspecified atom stereocenters. The second-order valence-corrected chi connectivity index (χ2v) is 10.4. The lowest BCUT2D eigenvalue weighted by atomic mass is 9.81. The third-order valence-electron chi connectivity index (χ3n) is 5.64. The first-order chi connectivity index (χ1) is 15.5. The Morgan fingerprint density at radius 3 is 2.62 bits per heavy atom. The fraction of sp³-hybridized carbons (Fsp3) is 0.240. The summed E-state index contributed by atoms with van der Waals surface area (Å²) in [6.07, 6.45) is 0. The molecule has 32 heavy (non-hydrogen) atoms. The minimum Gasteiger partial charge on any atom is -0.329 e. The van der Waals surface area contributed by atoms with Crippen molar-refractivity contribution in [1.29, 1.82) is 0 Å². The first-order valence-electron chi connectivity index (χ1n) is 10.6. The molecule has 2 amide bonds. The molecule has 2 aromatic carbocycles. The van der Waals surface area contributed by atoms with E-state index in [4.69, 9.17) is 0 Å². The molecule has 0 saturated heterocycles. The lowest BCUT2D eigenvalue weighted by Gasteiger charge is -2.41. The van der Waals surface area contributed by atoms with E-state index in [1.165, 1.54) is 11.3 Å². The Morgan fingerprint density at radius 1 is 1.09 bits per heavy atom. The molecule has 2 atom stereocenters. The van der Waals surface area contributed by atoms with E-state index in [9.17, 15) is 9.59 Å². The number of hydrogen-bond donors (Lipinski definition) is 1. The summed E-state index contributed by atoms with van der Waals surface area (Å²) in [5.41, 5.74) is 2.24. The van der Waals surface area contributed by atoms with Crippen LogP contribution in [-0.2, 0) is 4.79 Å². The number of thiophene rings is 1. The number of benzene rings is 2. The minimum absolute atomic E-state index is 0.0169. The van der Waals surface area contributed by atoms with Gasteiger partial charge in [0.2, 0.25) is 5.91 Å². The van der Waals surface area contributed by atoms with Gasteiger partial charge < -0.3 is 10.2 Å². The van der Waals surface area contributed by atoms with Crippen LogP contribution in [0.5, 0.6) is 0 Å². The van der Waals surface area contributed by atoms with E-state index in [-0.39, 0.29) is 23.8 Å². The highest BCUT2D eigenvalue weighted by Crippen LogP contribution is 2.45. The Labute approximate surface area is 194 Å². The Morgan fingerprint density at radius 2 is 1.88 bits per heavy atom. The summed E-state index contributed by atoms with van der Waals surface area (Å²) in [5.74, 6) is -0.402. The SMILES string of the molecule is CC(C)CN1C(=O)c2ccccc2[C@@H](C(=O)Nc2nc3ccccc3s2)[C@@H]1c1cccs1. The summed E-state index contributed by atoms with van der Waals surface area (Å²) in [7, 11) is 0. The number of hydrogen-bond acceptors (Lipinski definition) is 5. The number of fused-ring (bicyclic) bond motifs is 2. The standard InChI is InChI=1S/C25H23N3O2S2/c1-15(2)14-28-22(20-12-7-13-31-20)21(16-8-3-4-9-17(16)24(28)30)23(29)27-25-26-18-10-5-6-11-19(18)32-25/h3-13,15,21-22H,14H2,1-2H3,(H,26,27,29)/t21-,22+/m1/s1. The first-order valence-corrected chi connectivity index (χ1v) is 12.3. The van der Waals surface area contributed by atoms with E-state index in [1.807, 2.05) is 70.9 Å². The summed E-state index contributed by atoms with van der Waals surface area (Å²) in [5, 5.41) is 5.63. The molecule has 0 radical (unpaired) electrons. The summed E-state index contributed by atoms with van der Waals surface area (Å²) < 4.78 is 1.03. The number of aromatic nitrogens is 1. The van der Waals surface area contributed by atoms with Gasteiger partial charge in [-0.15, -0.1) is 11.3 Å². The lowest BCUT2D eigenvalue weighted by Crippen LogP contribution is -2.47. The number of anilines is 1. The van der Waals surface area contributed by atoms with Crippen LogP contribution in [-0.4, -0.2) is 28.2 Å². The monoisotopic (exact) mass is 461 g/mol. The van der Waals surface area contributed by atoms with Crippen LogP contribution in [0.15, 0.2) is 66.0 Å². The molecular formula is C25H23N3O2S2. The number of rotatable bonds is 5. The van der Waals surface area contributed by atoms with Gasteiger partial charge in [-0.2, -0.15) is 0 Å². The van der Waals surface area contributed by atoms with Crippen LogP contribution in [0.2, 0.25) is 0 Å². The van der Waals surface area contributed by atoms with Crippen molar-refractivity contribution in [3.63, 3.8) is 0 Å². The van der Waals surface area contributed by atoms with Gasteiger partial charge in [-0.05, 0) is 41.1 Å². The Balaban J connectivity index is 1.59. The van der Waals surface area contributed by atoms with Crippen LogP contribution >= 0.6 is 22.7 Å². The molecule has 1 N–H and O–H groups in total. The molecule has 3 heterocycles. The van der Waals surface area contributed by atoms with Crippen molar-refractivity contribution < 1.29 is 9.59 Å². The van der Waals surface area contributed by atoms with E-state index in [1.54, 1.807) is 11.3 Å². The number of carbonyl (C=O) groups excluding carboxylic acids is 2. The molecule has 162 valence electrons. The zero-order chi connectivity index (χ0) is 22.2. The smallest absolute Gasteiger partial charge is 0.254 e. The number of carbonyl (C=O) groups is 2. The van der Waals surface area contributed by atoms with E-state index in [2.05, 4.69) is 24.1 Å². The molecule has 0 bridgehead atoms. The number of nitrogens with one attached hydrogen (secondary N) is 1. The molecule has 5 nitrogen and oxygen atoms in total. The number of nitrogens with zero attached hydrogens (tertiary/aromatic N) is 2. The van der Waals surface area contributed by atoms with Crippen LogP contribution in [0.25, 0.3) is 10.2 Å². The maximum absolute atomic E-state index is 13.8. The normalized spacial score (nSPS) is 18.2. The molecule has 1 aliphatic heterocycles. The topological polar surface area (TPSA) is 62.3 Å². The third-order valence-corrected chi connectivity index (χ3v) is 7.54. The highest BCUT2D eigenvalue weighted by Gasteiger charge is 2.44. The van der Waals surface area contributed by atoms with Crippen molar-refractivity contribution in [3.8, 4) is 0 Å². The van der Waals surface area contributed by atoms with Crippen LogP contribution in [0.3, 0.4) is 0 Å². The molecule has 7 heteroatoms. The van der Waals surface area contributed by atoms with Gasteiger partial charge in [0, 0.05) is 17.0 Å². The summed E-state index contributed by atoms with van der Waals surface area (Å²) in [4.78, 5) is 34.7. The summed E-state index contributed by atoms with van der Waals surface area (Å²) >= 11 is 3.04. The van der Waals surface area contributed by atoms with Gasteiger partial charge in [0.15, 0.2) is 5.13 Å². The maximum atomic E-state index is 13.8. The van der Waals surface area contributed by atoms with Crippen molar-refractivity contribution in [3.05, 3.63) is 82.0 Å². The molecule has 1 aliphatic rings. The van der Waals surface area contributed by atoms with Gasteiger partial charge in [-0.1, -0.05) is 61.6 Å². The second kappa shape index (κ2) is 8.48. The predicted octanol–water partition coefficient (Wildman–Crippen LogP) is 5.93. The van der Waals surface area contributed by atoms with E-state index in [0.717, 1.165) is 20.7 Å². The molecule has 0 spiro atoms. The predicted molar refractivity (Wildman–Crippen MR) is 130 cm³/mol. The summed E-state index contributed by atoms with van der Waals surface area (Å²) in [6, 6.07) is 19.0. The van der Waals surface area contributed by atoms with Gasteiger partial charge in [0.1, 0.15) is 0 Å². The molecule has 0 fully saturated rings. The Hall–Kier alpha value is -3.03. The van der Waals surface area contributed by atoms with Gasteiger partial charge >= 0.3 is 0 Å². The molecule has 0 saturated carbocycles. The third kappa shape index (κ3) is 3.72. The largest absolute Gasteiger partial charge is 0.329 e. The van der Waals surface area contributed by atoms with Crippen molar-refractivity contribution in [2.45, 2.75) is 25.8 Å². The second-order valence-electron chi connectivity index (χ2n) is 8.35. The van der Waals surface area contributed by atoms with Crippen molar-refractivity contribution in [1.82, 2.24) is 9.88 Å². The van der Waals surface area contributed by atoms with Crippen LogP contribution in [0.4, 0.5) is 5.13 Å². The highest BCUT2D eigenvalue weighted by atomic mass is 32.1. The quantitative estimate of drug-likeness (QED) is 0.400. The highest BCUT2D eigenvalue weighted by molar-refractivity contribution is 7.22. The maximum Gasteiger partial charge on any atom is 0.254 e. The minimum atomic E-state index is -0.520. The molecule has 5 rings (SSSR count). The molecule has 2 aromatic heterocycles. The van der Waals surface area contributed by atoms with Gasteiger partial charge in [0.25, 0.3) is 5.91 Å². The van der Waals surface area contributed by atoms with E-state index >= 15 is 0 Å². The average Bonchev–Trinajstić information content (AvgIpc) is 3.44. The number of amides is 2. The number of para-hydroxylation sites is 1. The average molecular weight is 462 g/mol. The first kappa shape index (κ1) is 20.8.